The van der Waals surface area contributed by atoms with Crippen LogP contribution < -0.4 is 0 Å². The van der Waals surface area contributed by atoms with Gasteiger partial charge < -0.3 is 9.42 Å². The minimum absolute atomic E-state index is 0.0777. The molecule has 1 fully saturated rings. The van der Waals surface area contributed by atoms with Crippen LogP contribution in [-0.4, -0.2) is 34.0 Å². The summed E-state index contributed by atoms with van der Waals surface area (Å²) in [5, 5.41) is 4.39. The molecule has 4 rings (SSSR count). The maximum atomic E-state index is 12.6. The second kappa shape index (κ2) is 7.10. The molecule has 3 heterocycles. The van der Waals surface area contributed by atoms with E-state index in [-0.39, 0.29) is 5.91 Å². The largest absolute Gasteiger partial charge is 0.361 e. The van der Waals surface area contributed by atoms with Crippen molar-refractivity contribution in [1.29, 1.82) is 0 Å². The quantitative estimate of drug-likeness (QED) is 0.796. The molecule has 1 aliphatic carbocycles. The number of aryl methyl sites for hydroxylation is 1. The molecule has 1 amide bonds. The Bertz CT molecular complexity index is 799. The number of pyridine rings is 1. The average Bonchev–Trinajstić information content (AvgIpc) is 3.11. The fourth-order valence-corrected chi connectivity index (χ4v) is 4.51. The Balaban J connectivity index is 1.44. The molecular weight excluding hydrogens is 338 g/mol. The highest BCUT2D eigenvalue weighted by Gasteiger charge is 2.35. The summed E-state index contributed by atoms with van der Waals surface area (Å²) < 4.78 is 5.83. The van der Waals surface area contributed by atoms with Crippen molar-refractivity contribution in [3.63, 3.8) is 0 Å². The van der Waals surface area contributed by atoms with Crippen LogP contribution in [0.3, 0.4) is 0 Å². The van der Waals surface area contributed by atoms with E-state index in [1.807, 2.05) is 17.0 Å². The van der Waals surface area contributed by atoms with Crippen LogP contribution >= 0.6 is 0 Å². The van der Waals surface area contributed by atoms with Gasteiger partial charge in [0.2, 0.25) is 0 Å². The number of hydrogen-bond acceptors (Lipinski definition) is 4. The van der Waals surface area contributed by atoms with Gasteiger partial charge in [-0.25, -0.2) is 0 Å². The number of likely N-dealkylation sites (tertiary alicyclic amines) is 1. The molecule has 0 unspecified atom stereocenters. The van der Waals surface area contributed by atoms with Crippen LogP contribution in [0.5, 0.6) is 0 Å². The Morgan fingerprint density at radius 2 is 2.00 bits per heavy atom. The Labute approximate surface area is 161 Å². The Hall–Kier alpha value is -2.17. The predicted octanol–water partition coefficient (Wildman–Crippen LogP) is 4.24. The van der Waals surface area contributed by atoms with E-state index in [0.29, 0.717) is 22.8 Å². The molecule has 1 aliphatic heterocycles. The van der Waals surface area contributed by atoms with E-state index >= 15 is 0 Å². The topological polar surface area (TPSA) is 59.2 Å². The van der Waals surface area contributed by atoms with Crippen LogP contribution in [0.2, 0.25) is 0 Å². The monoisotopic (exact) mass is 367 g/mol. The van der Waals surface area contributed by atoms with Crippen molar-refractivity contribution in [2.24, 2.45) is 11.3 Å². The van der Waals surface area contributed by atoms with Crippen LogP contribution in [0, 0.1) is 11.3 Å². The highest BCUT2D eigenvalue weighted by Crippen LogP contribution is 2.41. The van der Waals surface area contributed by atoms with Gasteiger partial charge in [0.1, 0.15) is 5.76 Å². The van der Waals surface area contributed by atoms with Crippen molar-refractivity contribution in [2.45, 2.75) is 58.8 Å². The van der Waals surface area contributed by atoms with E-state index in [9.17, 15) is 4.79 Å². The van der Waals surface area contributed by atoms with Crippen molar-refractivity contribution >= 4 is 5.91 Å². The summed E-state index contributed by atoms with van der Waals surface area (Å²) >= 11 is 0. The van der Waals surface area contributed by atoms with Gasteiger partial charge in [0.05, 0.1) is 11.3 Å². The molecule has 0 spiro atoms. The van der Waals surface area contributed by atoms with Crippen molar-refractivity contribution in [3.8, 4) is 0 Å². The Morgan fingerprint density at radius 3 is 2.67 bits per heavy atom. The smallest absolute Gasteiger partial charge is 0.255 e. The van der Waals surface area contributed by atoms with E-state index in [1.165, 1.54) is 17.7 Å². The molecule has 5 heteroatoms. The van der Waals surface area contributed by atoms with Gasteiger partial charge >= 0.3 is 0 Å². The Morgan fingerprint density at radius 1 is 1.22 bits per heavy atom. The van der Waals surface area contributed by atoms with Crippen LogP contribution in [0.15, 0.2) is 29.0 Å². The van der Waals surface area contributed by atoms with E-state index < -0.39 is 0 Å². The van der Waals surface area contributed by atoms with Crippen molar-refractivity contribution in [3.05, 3.63) is 47.1 Å². The van der Waals surface area contributed by atoms with Crippen molar-refractivity contribution in [2.75, 3.05) is 13.1 Å². The molecule has 1 saturated heterocycles. The summed E-state index contributed by atoms with van der Waals surface area (Å²) in [6.07, 6.45) is 8.52. The fraction of sp³-hybridized carbons (Fsp3) is 0.591. The molecule has 1 atom stereocenters. The number of nitrogens with zero attached hydrogens (tertiary/aromatic N) is 3. The summed E-state index contributed by atoms with van der Waals surface area (Å²) in [5.74, 6) is 2.22. The lowest BCUT2D eigenvalue weighted by molar-refractivity contribution is 0.0705. The summed E-state index contributed by atoms with van der Waals surface area (Å²) in [6, 6.07) is 3.65. The molecule has 2 aliphatic rings. The highest BCUT2D eigenvalue weighted by molar-refractivity contribution is 5.93. The first-order valence-corrected chi connectivity index (χ1v) is 10.1. The first-order chi connectivity index (χ1) is 12.9. The number of carbonyl (C=O) groups is 1. The first kappa shape index (κ1) is 18.2. The number of hydrogen-bond donors (Lipinski definition) is 0. The van der Waals surface area contributed by atoms with Gasteiger partial charge in [0.25, 0.3) is 5.91 Å². The summed E-state index contributed by atoms with van der Waals surface area (Å²) in [4.78, 5) is 18.6. The normalized spacial score (nSPS) is 21.1. The first-order valence-electron chi connectivity index (χ1n) is 10.1. The third kappa shape index (κ3) is 3.64. The highest BCUT2D eigenvalue weighted by atomic mass is 16.5. The van der Waals surface area contributed by atoms with E-state index in [0.717, 1.165) is 44.5 Å². The van der Waals surface area contributed by atoms with Crippen LogP contribution in [0.25, 0.3) is 0 Å². The number of carbonyl (C=O) groups excluding carboxylic acids is 1. The van der Waals surface area contributed by atoms with Gasteiger partial charge in [0.15, 0.2) is 0 Å². The molecule has 0 aromatic carbocycles. The third-order valence-electron chi connectivity index (χ3n) is 6.37. The average molecular weight is 367 g/mol. The predicted molar refractivity (Wildman–Crippen MR) is 104 cm³/mol. The van der Waals surface area contributed by atoms with Crippen molar-refractivity contribution in [1.82, 2.24) is 15.0 Å². The van der Waals surface area contributed by atoms with Gasteiger partial charge in [-0.1, -0.05) is 25.9 Å². The molecule has 2 aromatic heterocycles. The minimum atomic E-state index is 0.0777. The minimum Gasteiger partial charge on any atom is -0.361 e. The molecule has 0 radical (unpaired) electrons. The molecule has 0 N–H and O–H groups in total. The van der Waals surface area contributed by atoms with Gasteiger partial charge in [-0.15, -0.1) is 0 Å². The third-order valence-corrected chi connectivity index (χ3v) is 6.37. The van der Waals surface area contributed by atoms with E-state index in [2.05, 4.69) is 30.9 Å². The molecular formula is C22H29N3O2. The molecule has 5 nitrogen and oxygen atoms in total. The second-order valence-corrected chi connectivity index (χ2v) is 9.09. The summed E-state index contributed by atoms with van der Waals surface area (Å²) in [5.41, 5.74) is 3.50. The van der Waals surface area contributed by atoms with Gasteiger partial charge in [-0.3, -0.25) is 9.78 Å². The van der Waals surface area contributed by atoms with Gasteiger partial charge in [-0.2, -0.15) is 0 Å². The van der Waals surface area contributed by atoms with Crippen molar-refractivity contribution < 1.29 is 9.32 Å². The van der Waals surface area contributed by atoms with Gasteiger partial charge in [0, 0.05) is 37.0 Å². The lowest BCUT2D eigenvalue weighted by atomic mass is 9.71. The van der Waals surface area contributed by atoms with E-state index in [1.54, 1.807) is 12.4 Å². The Kier molecular flexibility index (Phi) is 4.79. The summed E-state index contributed by atoms with van der Waals surface area (Å²) in [6.45, 7) is 8.52. The summed E-state index contributed by atoms with van der Waals surface area (Å²) in [7, 11) is 0. The molecule has 0 saturated carbocycles. The zero-order valence-corrected chi connectivity index (χ0v) is 16.6. The SMILES string of the molecule is CC(C)(C)[C@H]1CCc2noc(C3CCN(C(=O)c4cccnc4)CC3)c2C1. The number of piperidine rings is 1. The molecule has 2 aromatic rings. The van der Waals surface area contributed by atoms with Crippen LogP contribution in [-0.2, 0) is 12.8 Å². The molecule has 144 valence electrons. The lowest BCUT2D eigenvalue weighted by Crippen LogP contribution is -2.38. The lowest BCUT2D eigenvalue weighted by Gasteiger charge is -2.35. The fourth-order valence-electron chi connectivity index (χ4n) is 4.51. The number of amides is 1. The molecule has 27 heavy (non-hydrogen) atoms. The maximum absolute atomic E-state index is 12.6. The van der Waals surface area contributed by atoms with Gasteiger partial charge in [-0.05, 0) is 55.6 Å². The van der Waals surface area contributed by atoms with Crippen LogP contribution in [0.4, 0.5) is 0 Å². The second-order valence-electron chi connectivity index (χ2n) is 9.09. The van der Waals surface area contributed by atoms with Crippen LogP contribution in [0.1, 0.15) is 73.3 Å². The zero-order chi connectivity index (χ0) is 19.0. The standard InChI is InChI=1S/C22H29N3O2/c1-22(2,3)17-6-7-19-18(13-17)20(27-24-19)15-8-11-25(12-9-15)21(26)16-5-4-10-23-14-16/h4-5,10,14-15,17H,6-9,11-13H2,1-3H3/t17-/m0/s1. The number of rotatable bonds is 2. The van der Waals surface area contributed by atoms with E-state index in [4.69, 9.17) is 4.52 Å². The molecule has 0 bridgehead atoms. The number of aromatic nitrogens is 2. The maximum Gasteiger partial charge on any atom is 0.255 e. The zero-order valence-electron chi connectivity index (χ0n) is 16.6. The number of fused-ring (bicyclic) bond motifs is 1.